The third-order valence-electron chi connectivity index (χ3n) is 21.1. The summed E-state index contributed by atoms with van der Waals surface area (Å²) in [5.41, 5.74) is 0. The number of aliphatic hydroxyl groups excluding tert-OH is 2. The van der Waals surface area contributed by atoms with Crippen LogP contribution in [0.2, 0.25) is 0 Å². The molecule has 0 aromatic rings. The predicted octanol–water partition coefficient (Wildman–Crippen LogP) is 29.4. The van der Waals surface area contributed by atoms with Gasteiger partial charge < -0.3 is 20.3 Å². The molecule has 0 aromatic heterocycles. The van der Waals surface area contributed by atoms with Gasteiger partial charge in [0.1, 0.15) is 0 Å². The average molecular weight is 1330 g/mol. The molecule has 0 aliphatic rings. The fraction of sp³-hybridized carbons (Fsp3) is 0.955. The van der Waals surface area contributed by atoms with E-state index in [1.165, 1.54) is 437 Å². The van der Waals surface area contributed by atoms with Crippen molar-refractivity contribution in [2.24, 2.45) is 0 Å². The molecule has 0 aromatic carbocycles. The zero-order chi connectivity index (χ0) is 67.7. The first-order valence-electron chi connectivity index (χ1n) is 43.9. The second-order valence-corrected chi connectivity index (χ2v) is 30.6. The minimum atomic E-state index is -0.661. The fourth-order valence-corrected chi connectivity index (χ4v) is 14.4. The molecule has 1 amide bonds. The molecule has 0 aliphatic heterocycles. The van der Waals surface area contributed by atoms with E-state index < -0.39 is 12.1 Å². The van der Waals surface area contributed by atoms with E-state index in [4.69, 9.17) is 4.74 Å². The second kappa shape index (κ2) is 84.0. The van der Waals surface area contributed by atoms with E-state index in [1.807, 2.05) is 0 Å². The van der Waals surface area contributed by atoms with E-state index in [-0.39, 0.29) is 18.5 Å². The highest BCUT2D eigenvalue weighted by molar-refractivity contribution is 5.76. The first-order chi connectivity index (χ1) is 46.5. The summed E-state index contributed by atoms with van der Waals surface area (Å²) in [4.78, 5) is 24.7. The molecule has 0 radical (unpaired) electrons. The van der Waals surface area contributed by atoms with Crippen LogP contribution in [-0.2, 0) is 14.3 Å². The number of esters is 1. The fourth-order valence-electron chi connectivity index (χ4n) is 14.4. The van der Waals surface area contributed by atoms with Crippen LogP contribution in [0.1, 0.15) is 515 Å². The number of aliphatic hydroxyl groups is 2. The Morgan fingerprint density at radius 2 is 0.500 bits per heavy atom. The summed E-state index contributed by atoms with van der Waals surface area (Å²) in [5.74, 6) is -0.00442. The maximum Gasteiger partial charge on any atom is 0.305 e. The quantitative estimate of drug-likeness (QED) is 0.0320. The number of rotatable bonds is 84. The van der Waals surface area contributed by atoms with Crippen molar-refractivity contribution in [3.8, 4) is 0 Å². The number of nitrogens with one attached hydrogen (secondary N) is 1. The molecule has 0 aliphatic carbocycles. The highest BCUT2D eigenvalue weighted by Gasteiger charge is 2.20. The molecule has 0 heterocycles. The van der Waals surface area contributed by atoms with Crippen molar-refractivity contribution in [1.82, 2.24) is 5.32 Å². The number of unbranched alkanes of at least 4 members (excludes halogenated alkanes) is 71. The first-order valence-corrected chi connectivity index (χ1v) is 43.9. The van der Waals surface area contributed by atoms with Crippen LogP contribution in [0.4, 0.5) is 0 Å². The summed E-state index contributed by atoms with van der Waals surface area (Å²) >= 11 is 0. The van der Waals surface area contributed by atoms with Gasteiger partial charge >= 0.3 is 5.97 Å². The van der Waals surface area contributed by atoms with Gasteiger partial charge in [0.2, 0.25) is 5.91 Å². The van der Waals surface area contributed by atoms with Gasteiger partial charge in [0, 0.05) is 12.8 Å². The third kappa shape index (κ3) is 79.6. The number of allylic oxidation sites excluding steroid dienone is 2. The Labute approximate surface area is 590 Å². The number of carbonyl (C=O) groups excluding carboxylic acids is 2. The lowest BCUT2D eigenvalue weighted by Gasteiger charge is -2.22. The van der Waals surface area contributed by atoms with Crippen molar-refractivity contribution < 1.29 is 24.5 Å². The summed E-state index contributed by atoms with van der Waals surface area (Å²) in [6.45, 7) is 5.01. The molecule has 2 unspecified atom stereocenters. The van der Waals surface area contributed by atoms with Crippen molar-refractivity contribution in [3.63, 3.8) is 0 Å². The normalized spacial score (nSPS) is 12.4. The van der Waals surface area contributed by atoms with Crippen molar-refractivity contribution in [2.75, 3.05) is 13.2 Å². The Kier molecular flexibility index (Phi) is 82.8. The number of hydrogen-bond acceptors (Lipinski definition) is 5. The molecule has 6 heteroatoms. The molecule has 560 valence electrons. The highest BCUT2D eigenvalue weighted by atomic mass is 16.5. The average Bonchev–Trinajstić information content (AvgIpc) is 3.68. The van der Waals surface area contributed by atoms with Crippen LogP contribution in [0.3, 0.4) is 0 Å². The van der Waals surface area contributed by atoms with E-state index in [1.54, 1.807) is 0 Å². The molecule has 6 nitrogen and oxygen atoms in total. The van der Waals surface area contributed by atoms with Gasteiger partial charge in [0.25, 0.3) is 0 Å². The van der Waals surface area contributed by atoms with E-state index in [0.29, 0.717) is 25.9 Å². The van der Waals surface area contributed by atoms with Gasteiger partial charge in [0.05, 0.1) is 25.4 Å². The van der Waals surface area contributed by atoms with Crippen LogP contribution in [0.15, 0.2) is 12.2 Å². The zero-order valence-electron chi connectivity index (χ0n) is 64.5. The Morgan fingerprint density at radius 1 is 0.287 bits per heavy atom. The van der Waals surface area contributed by atoms with Crippen molar-refractivity contribution in [2.45, 2.75) is 527 Å². The minimum absolute atomic E-state index is 0.0180. The smallest absolute Gasteiger partial charge is 0.305 e. The molecule has 0 bridgehead atoms. The monoisotopic (exact) mass is 1320 g/mol. The molecule has 0 fully saturated rings. The molecule has 0 spiro atoms. The Hall–Kier alpha value is -1.40. The van der Waals surface area contributed by atoms with Crippen LogP contribution >= 0.6 is 0 Å². The summed E-state index contributed by atoms with van der Waals surface area (Å²) < 4.78 is 5.51. The molecule has 3 N–H and O–H groups in total. The van der Waals surface area contributed by atoms with Gasteiger partial charge in [0.15, 0.2) is 0 Å². The van der Waals surface area contributed by atoms with Crippen LogP contribution in [0.25, 0.3) is 0 Å². The Bertz CT molecular complexity index is 1430. The second-order valence-electron chi connectivity index (χ2n) is 30.6. The van der Waals surface area contributed by atoms with Crippen molar-refractivity contribution in [3.05, 3.63) is 12.2 Å². The summed E-state index contributed by atoms with van der Waals surface area (Å²) in [6, 6.07) is -0.537. The van der Waals surface area contributed by atoms with Crippen LogP contribution in [0, 0.1) is 0 Å². The topological polar surface area (TPSA) is 95.9 Å². The molecule has 0 saturated carbocycles. The zero-order valence-corrected chi connectivity index (χ0v) is 64.5. The van der Waals surface area contributed by atoms with E-state index in [2.05, 4.69) is 31.3 Å². The van der Waals surface area contributed by atoms with Crippen molar-refractivity contribution in [1.29, 1.82) is 0 Å². The van der Waals surface area contributed by atoms with Gasteiger partial charge in [-0.25, -0.2) is 0 Å². The Morgan fingerprint density at radius 3 is 0.755 bits per heavy atom. The lowest BCUT2D eigenvalue weighted by molar-refractivity contribution is -0.143. The minimum Gasteiger partial charge on any atom is -0.466 e. The number of ether oxygens (including phenoxy) is 1. The maximum absolute atomic E-state index is 12.6. The first kappa shape index (κ1) is 92.6. The molecule has 0 saturated heterocycles. The lowest BCUT2D eigenvalue weighted by Crippen LogP contribution is -2.45. The SMILES string of the molecule is CCCCCCCCC/C=C\CCCCCCCC(=O)OCCCCCCCCCCCCCCCCCCCCCCCCCCCCCCCCCCCCCCCCCC(=O)NC(CO)C(O)CCCCCCCCCCCCCCCCCCCCCCCC. The standard InChI is InChI=1S/C88H173NO5/c1-3-5-7-9-11-13-15-17-19-21-22-23-43-46-49-52-56-60-64-68-72-76-80-86(91)85(84-90)89-87(92)81-77-73-69-65-61-57-53-50-47-44-41-39-37-35-33-31-29-27-25-24-26-28-30-32-34-36-38-40-42-45-48-51-55-59-63-67-71-75-79-83-94-88(93)82-78-74-70-66-62-58-54-20-18-16-14-12-10-8-6-4-2/h20,54,85-86,90-91H,3-19,21-53,55-84H2,1-2H3,(H,89,92)/b54-20-. The molecule has 0 rings (SSSR count). The summed E-state index contributed by atoms with van der Waals surface area (Å²) in [7, 11) is 0. The van der Waals surface area contributed by atoms with Crippen LogP contribution < -0.4 is 5.32 Å². The third-order valence-corrected chi connectivity index (χ3v) is 21.1. The number of carbonyl (C=O) groups is 2. The lowest BCUT2D eigenvalue weighted by atomic mass is 10.0. The van der Waals surface area contributed by atoms with Crippen LogP contribution in [0.5, 0.6) is 0 Å². The largest absolute Gasteiger partial charge is 0.466 e. The van der Waals surface area contributed by atoms with Gasteiger partial charge in [-0.15, -0.1) is 0 Å². The van der Waals surface area contributed by atoms with Gasteiger partial charge in [-0.1, -0.05) is 463 Å². The van der Waals surface area contributed by atoms with E-state index in [9.17, 15) is 19.8 Å². The predicted molar refractivity (Wildman–Crippen MR) is 417 cm³/mol. The van der Waals surface area contributed by atoms with Gasteiger partial charge in [-0.05, 0) is 51.4 Å². The van der Waals surface area contributed by atoms with E-state index in [0.717, 1.165) is 44.9 Å². The Balaban J connectivity index is 3.29. The number of hydrogen-bond donors (Lipinski definition) is 3. The molecular formula is C88H173NO5. The number of amides is 1. The molecule has 2 atom stereocenters. The molecular weight excluding hydrogens is 1150 g/mol. The maximum atomic E-state index is 12.6. The van der Waals surface area contributed by atoms with Crippen molar-refractivity contribution >= 4 is 11.9 Å². The highest BCUT2D eigenvalue weighted by Crippen LogP contribution is 2.21. The summed E-state index contributed by atoms with van der Waals surface area (Å²) in [6.07, 6.45) is 108. The molecule has 94 heavy (non-hydrogen) atoms. The van der Waals surface area contributed by atoms with Crippen LogP contribution in [-0.4, -0.2) is 47.4 Å². The van der Waals surface area contributed by atoms with E-state index >= 15 is 0 Å². The van der Waals surface area contributed by atoms with Gasteiger partial charge in [-0.2, -0.15) is 0 Å². The summed E-state index contributed by atoms with van der Waals surface area (Å²) in [5, 5.41) is 23.5. The van der Waals surface area contributed by atoms with Gasteiger partial charge in [-0.3, -0.25) is 9.59 Å².